The highest BCUT2D eigenvalue weighted by atomic mass is 32.2. The molecule has 1 aliphatic heterocycles. The van der Waals surface area contributed by atoms with Crippen LogP contribution >= 0.6 is 0 Å². The molecule has 132 valence electrons. The number of hydrogen-bond acceptors (Lipinski definition) is 4. The molecule has 1 saturated heterocycles. The van der Waals surface area contributed by atoms with Gasteiger partial charge in [0.2, 0.25) is 10.0 Å². The van der Waals surface area contributed by atoms with Gasteiger partial charge in [-0.1, -0.05) is 24.3 Å². The van der Waals surface area contributed by atoms with E-state index in [1.807, 2.05) is 19.1 Å². The van der Waals surface area contributed by atoms with Crippen molar-refractivity contribution in [2.24, 2.45) is 5.92 Å². The van der Waals surface area contributed by atoms with Gasteiger partial charge in [0.1, 0.15) is 0 Å². The molecule has 0 spiro atoms. The van der Waals surface area contributed by atoms with Crippen LogP contribution in [0.1, 0.15) is 31.7 Å². The molecule has 6 heteroatoms. The number of nitrogens with zero attached hydrogens (tertiary/aromatic N) is 1. The third kappa shape index (κ3) is 4.45. The summed E-state index contributed by atoms with van der Waals surface area (Å²) >= 11 is 0. The lowest BCUT2D eigenvalue weighted by Gasteiger charge is -2.17. The Bertz CT molecular complexity index is 694. The predicted molar refractivity (Wildman–Crippen MR) is 93.1 cm³/mol. The quantitative estimate of drug-likeness (QED) is 0.560. The first-order valence-corrected chi connectivity index (χ1v) is 9.70. The first kappa shape index (κ1) is 18.7. The van der Waals surface area contributed by atoms with E-state index in [0.717, 1.165) is 18.4 Å². The van der Waals surface area contributed by atoms with Crippen LogP contribution in [0.4, 0.5) is 0 Å². The lowest BCUT2D eigenvalue weighted by atomic mass is 9.99. The molecule has 24 heavy (non-hydrogen) atoms. The largest absolute Gasteiger partial charge is 0.463 e. The minimum absolute atomic E-state index is 0.247. The molecular formula is C18H25NO4S. The van der Waals surface area contributed by atoms with Crippen LogP contribution in [0.3, 0.4) is 0 Å². The number of esters is 1. The minimum Gasteiger partial charge on any atom is -0.463 e. The normalized spacial score (nSPS) is 18.5. The van der Waals surface area contributed by atoms with Gasteiger partial charge in [-0.25, -0.2) is 13.2 Å². The smallest absolute Gasteiger partial charge is 0.333 e. The van der Waals surface area contributed by atoms with Gasteiger partial charge in [-0.3, -0.25) is 0 Å². The molecule has 1 fully saturated rings. The van der Waals surface area contributed by atoms with Crippen molar-refractivity contribution in [3.63, 3.8) is 0 Å². The predicted octanol–water partition coefficient (Wildman–Crippen LogP) is 2.91. The van der Waals surface area contributed by atoms with Crippen LogP contribution in [-0.4, -0.2) is 38.4 Å². The summed E-state index contributed by atoms with van der Waals surface area (Å²) in [5.41, 5.74) is 1.49. The van der Waals surface area contributed by atoms with E-state index in [0.29, 0.717) is 36.6 Å². The average Bonchev–Trinajstić information content (AvgIpc) is 3.03. The zero-order valence-electron chi connectivity index (χ0n) is 14.3. The van der Waals surface area contributed by atoms with Crippen LogP contribution in [0.25, 0.3) is 0 Å². The molecular weight excluding hydrogens is 326 g/mol. The second-order valence-corrected chi connectivity index (χ2v) is 8.13. The van der Waals surface area contributed by atoms with Crippen molar-refractivity contribution >= 4 is 16.0 Å². The van der Waals surface area contributed by atoms with Crippen molar-refractivity contribution < 1.29 is 17.9 Å². The van der Waals surface area contributed by atoms with E-state index in [9.17, 15) is 13.2 Å². The van der Waals surface area contributed by atoms with Crippen LogP contribution in [0.15, 0.2) is 41.3 Å². The number of sulfonamides is 1. The SMILES string of the molecule is C=C(CC[C@@H]1CCN(S(=O)(=O)c2ccc(C)cc2)C1)C(=O)OCC. The molecule has 0 radical (unpaired) electrons. The fraction of sp³-hybridized carbons (Fsp3) is 0.500. The van der Waals surface area contributed by atoms with Crippen molar-refractivity contribution in [3.05, 3.63) is 42.0 Å². The number of hydrogen-bond donors (Lipinski definition) is 0. The molecule has 0 saturated carbocycles. The zero-order chi connectivity index (χ0) is 17.7. The fourth-order valence-electron chi connectivity index (χ4n) is 2.82. The Morgan fingerprint density at radius 2 is 2.00 bits per heavy atom. The summed E-state index contributed by atoms with van der Waals surface area (Å²) in [6, 6.07) is 6.93. The number of carbonyl (C=O) groups excluding carboxylic acids is 1. The lowest BCUT2D eigenvalue weighted by Crippen LogP contribution is -2.28. The number of ether oxygens (including phenoxy) is 1. The Labute approximate surface area is 144 Å². The summed E-state index contributed by atoms with van der Waals surface area (Å²) in [5.74, 6) is -0.115. The van der Waals surface area contributed by atoms with Gasteiger partial charge >= 0.3 is 5.97 Å². The third-order valence-corrected chi connectivity index (χ3v) is 6.21. The van der Waals surface area contributed by atoms with Gasteiger partial charge in [-0.2, -0.15) is 4.31 Å². The summed E-state index contributed by atoms with van der Waals surface area (Å²) in [6.45, 7) is 8.79. The molecule has 5 nitrogen and oxygen atoms in total. The first-order valence-electron chi connectivity index (χ1n) is 8.26. The number of benzene rings is 1. The Morgan fingerprint density at radius 3 is 2.62 bits per heavy atom. The van der Waals surface area contributed by atoms with Crippen molar-refractivity contribution in [2.75, 3.05) is 19.7 Å². The molecule has 0 unspecified atom stereocenters. The lowest BCUT2D eigenvalue weighted by molar-refractivity contribution is -0.138. The summed E-state index contributed by atoms with van der Waals surface area (Å²) < 4.78 is 31.8. The van der Waals surface area contributed by atoms with E-state index in [1.165, 1.54) is 4.31 Å². The van der Waals surface area contributed by atoms with Crippen molar-refractivity contribution in [1.29, 1.82) is 0 Å². The average molecular weight is 351 g/mol. The summed E-state index contributed by atoms with van der Waals surface area (Å²) in [4.78, 5) is 11.9. The van der Waals surface area contributed by atoms with E-state index in [-0.39, 0.29) is 11.9 Å². The van der Waals surface area contributed by atoms with Gasteiger partial charge in [0, 0.05) is 18.7 Å². The Morgan fingerprint density at radius 1 is 1.33 bits per heavy atom. The molecule has 1 aromatic rings. The molecule has 1 aromatic carbocycles. The Hall–Kier alpha value is -1.66. The Balaban J connectivity index is 1.91. The van der Waals surface area contributed by atoms with E-state index in [4.69, 9.17) is 4.74 Å². The maximum atomic E-state index is 12.7. The maximum Gasteiger partial charge on any atom is 0.333 e. The first-order chi connectivity index (χ1) is 11.3. The van der Waals surface area contributed by atoms with Crippen LogP contribution < -0.4 is 0 Å². The van der Waals surface area contributed by atoms with Gasteiger partial charge in [-0.15, -0.1) is 0 Å². The van der Waals surface area contributed by atoms with Gasteiger partial charge < -0.3 is 4.74 Å². The van der Waals surface area contributed by atoms with Crippen LogP contribution in [0.2, 0.25) is 0 Å². The molecule has 0 bridgehead atoms. The third-order valence-electron chi connectivity index (χ3n) is 4.33. The molecule has 0 N–H and O–H groups in total. The Kier molecular flexibility index (Phi) is 6.18. The van der Waals surface area contributed by atoms with Crippen molar-refractivity contribution in [2.45, 2.75) is 38.0 Å². The summed E-state index contributed by atoms with van der Waals surface area (Å²) in [7, 11) is -3.43. The fourth-order valence-corrected chi connectivity index (χ4v) is 4.35. The maximum absolute atomic E-state index is 12.7. The summed E-state index contributed by atoms with van der Waals surface area (Å²) in [6.07, 6.45) is 2.10. The van der Waals surface area contributed by atoms with E-state index in [1.54, 1.807) is 19.1 Å². The summed E-state index contributed by atoms with van der Waals surface area (Å²) in [5, 5.41) is 0. The van der Waals surface area contributed by atoms with Crippen molar-refractivity contribution in [1.82, 2.24) is 4.31 Å². The topological polar surface area (TPSA) is 63.7 Å². The molecule has 1 atom stereocenters. The highest BCUT2D eigenvalue weighted by Crippen LogP contribution is 2.28. The van der Waals surface area contributed by atoms with E-state index in [2.05, 4.69) is 6.58 Å². The van der Waals surface area contributed by atoms with Gasteiger partial charge in [0.25, 0.3) is 0 Å². The van der Waals surface area contributed by atoms with Crippen LogP contribution in [0, 0.1) is 12.8 Å². The van der Waals surface area contributed by atoms with Gasteiger partial charge in [0.15, 0.2) is 0 Å². The number of aryl methyl sites for hydroxylation is 1. The molecule has 1 aliphatic rings. The zero-order valence-corrected chi connectivity index (χ0v) is 15.1. The molecule has 2 rings (SSSR count). The van der Waals surface area contributed by atoms with E-state index >= 15 is 0 Å². The molecule has 0 aliphatic carbocycles. The highest BCUT2D eigenvalue weighted by Gasteiger charge is 2.32. The molecule has 1 heterocycles. The van der Waals surface area contributed by atoms with Gasteiger partial charge in [0.05, 0.1) is 11.5 Å². The monoisotopic (exact) mass is 351 g/mol. The molecule has 0 aromatic heterocycles. The standard InChI is InChI=1S/C18H25NO4S/c1-4-23-18(20)15(3)7-8-16-11-12-19(13-16)24(21,22)17-9-5-14(2)6-10-17/h5-6,9-10,16H,3-4,7-8,11-13H2,1-2H3/t16-/m1/s1. The van der Waals surface area contributed by atoms with Crippen molar-refractivity contribution in [3.8, 4) is 0 Å². The minimum atomic E-state index is -3.43. The van der Waals surface area contributed by atoms with Crippen LogP contribution in [0.5, 0.6) is 0 Å². The molecule has 0 amide bonds. The van der Waals surface area contributed by atoms with Crippen LogP contribution in [-0.2, 0) is 19.6 Å². The second-order valence-electron chi connectivity index (χ2n) is 6.19. The highest BCUT2D eigenvalue weighted by molar-refractivity contribution is 7.89. The number of rotatable bonds is 7. The van der Waals surface area contributed by atoms with E-state index < -0.39 is 10.0 Å². The second kappa shape index (κ2) is 7.94. The van der Waals surface area contributed by atoms with Gasteiger partial charge in [-0.05, 0) is 51.2 Å². The number of carbonyl (C=O) groups is 1.